The number of hydrogen-bond acceptors (Lipinski definition) is 2. The van der Waals surface area contributed by atoms with Gasteiger partial charge >= 0.3 is 0 Å². The predicted molar refractivity (Wildman–Crippen MR) is 80.4 cm³/mol. The molecule has 5 rings (SSSR count). The summed E-state index contributed by atoms with van der Waals surface area (Å²) in [4.78, 5) is 0. The molecule has 0 aromatic carbocycles. The van der Waals surface area contributed by atoms with Crippen LogP contribution in [0.15, 0.2) is 6.20 Å². The molecule has 0 atom stereocenters. The molecule has 0 unspecified atom stereocenters. The van der Waals surface area contributed by atoms with Crippen LogP contribution >= 0.6 is 0 Å². The van der Waals surface area contributed by atoms with Gasteiger partial charge in [0.1, 0.15) is 0 Å². The molecular formula is C17H27N3. The number of hydrogen-bond donors (Lipinski definition) is 1. The highest BCUT2D eigenvalue weighted by molar-refractivity contribution is 5.26. The first kappa shape index (κ1) is 12.9. The maximum Gasteiger partial charge on any atom is 0.0537 e. The van der Waals surface area contributed by atoms with Crippen LogP contribution in [0.3, 0.4) is 0 Å². The van der Waals surface area contributed by atoms with E-state index >= 15 is 0 Å². The van der Waals surface area contributed by atoms with Gasteiger partial charge in [-0.15, -0.1) is 0 Å². The van der Waals surface area contributed by atoms with Crippen molar-refractivity contribution in [2.75, 3.05) is 6.54 Å². The molecule has 4 aliphatic carbocycles. The van der Waals surface area contributed by atoms with Crippen molar-refractivity contribution in [1.29, 1.82) is 0 Å². The Labute approximate surface area is 122 Å². The number of rotatable bonds is 4. The summed E-state index contributed by atoms with van der Waals surface area (Å²) in [5.41, 5.74) is 3.01. The average molecular weight is 273 g/mol. The molecule has 4 saturated carbocycles. The minimum atomic E-state index is 0.795. The van der Waals surface area contributed by atoms with E-state index in [0.29, 0.717) is 0 Å². The Morgan fingerprint density at radius 3 is 2.40 bits per heavy atom. The highest BCUT2D eigenvalue weighted by atomic mass is 15.3. The molecule has 0 saturated heterocycles. The van der Waals surface area contributed by atoms with Crippen molar-refractivity contribution in [3.8, 4) is 0 Å². The third-order valence-electron chi connectivity index (χ3n) is 6.17. The molecule has 1 N–H and O–H groups in total. The fourth-order valence-electron chi connectivity index (χ4n) is 5.69. The van der Waals surface area contributed by atoms with Crippen LogP contribution in [0.2, 0.25) is 0 Å². The molecule has 4 bridgehead atoms. The van der Waals surface area contributed by atoms with Crippen molar-refractivity contribution in [3.05, 3.63) is 17.5 Å². The molecule has 0 spiro atoms. The second kappa shape index (κ2) is 4.87. The first-order valence-corrected chi connectivity index (χ1v) is 8.47. The number of nitrogens with zero attached hydrogens (tertiary/aromatic N) is 2. The Hall–Kier alpha value is -0.830. The molecule has 1 aromatic heterocycles. The second-order valence-electron chi connectivity index (χ2n) is 7.42. The molecule has 0 aliphatic heterocycles. The zero-order valence-corrected chi connectivity index (χ0v) is 12.8. The molecular weight excluding hydrogens is 246 g/mol. The number of nitrogens with one attached hydrogen (secondary N) is 1. The van der Waals surface area contributed by atoms with E-state index in [0.717, 1.165) is 42.7 Å². The zero-order valence-electron chi connectivity index (χ0n) is 12.8. The Morgan fingerprint density at radius 2 is 1.80 bits per heavy atom. The van der Waals surface area contributed by atoms with E-state index in [9.17, 15) is 0 Å². The largest absolute Gasteiger partial charge is 0.313 e. The van der Waals surface area contributed by atoms with Crippen LogP contribution in [-0.2, 0) is 13.6 Å². The van der Waals surface area contributed by atoms with Crippen LogP contribution in [0.5, 0.6) is 0 Å². The van der Waals surface area contributed by atoms with Gasteiger partial charge in [0.25, 0.3) is 0 Å². The van der Waals surface area contributed by atoms with Crippen molar-refractivity contribution < 1.29 is 0 Å². The maximum absolute atomic E-state index is 4.58. The topological polar surface area (TPSA) is 29.9 Å². The lowest BCUT2D eigenvalue weighted by Gasteiger charge is -2.54. The van der Waals surface area contributed by atoms with Gasteiger partial charge in [-0.3, -0.25) is 4.68 Å². The van der Waals surface area contributed by atoms with Gasteiger partial charge in [-0.05, 0) is 62.3 Å². The number of aromatic nitrogens is 2. The van der Waals surface area contributed by atoms with E-state index < -0.39 is 0 Å². The van der Waals surface area contributed by atoms with Crippen LogP contribution in [0, 0.1) is 23.7 Å². The second-order valence-corrected chi connectivity index (χ2v) is 7.42. The van der Waals surface area contributed by atoms with Crippen LogP contribution in [0.4, 0.5) is 0 Å². The Morgan fingerprint density at radius 1 is 1.15 bits per heavy atom. The van der Waals surface area contributed by atoms with E-state index in [1.165, 1.54) is 37.7 Å². The van der Waals surface area contributed by atoms with E-state index in [1.807, 2.05) is 0 Å². The molecule has 1 heterocycles. The molecule has 4 aliphatic rings. The molecule has 3 nitrogen and oxygen atoms in total. The summed E-state index contributed by atoms with van der Waals surface area (Å²) in [6.45, 7) is 4.21. The van der Waals surface area contributed by atoms with Crippen molar-refractivity contribution >= 4 is 0 Å². The molecule has 4 fully saturated rings. The highest BCUT2D eigenvalue weighted by Crippen LogP contribution is 2.60. The lowest BCUT2D eigenvalue weighted by molar-refractivity contribution is -0.00565. The lowest BCUT2D eigenvalue weighted by atomic mass is 9.51. The molecule has 0 amide bonds. The normalized spacial score (nSPS) is 38.6. The summed E-state index contributed by atoms with van der Waals surface area (Å²) >= 11 is 0. The first-order chi connectivity index (χ1) is 9.76. The SMILES string of the molecule is CCNCc1cnn(C)c1C1C2CC3CC(C2)CC1C3. The van der Waals surface area contributed by atoms with Crippen LogP contribution in [-0.4, -0.2) is 16.3 Å². The van der Waals surface area contributed by atoms with Crippen molar-refractivity contribution in [3.63, 3.8) is 0 Å². The summed E-state index contributed by atoms with van der Waals surface area (Å²) in [5, 5.41) is 8.07. The van der Waals surface area contributed by atoms with Crippen LogP contribution in [0.1, 0.15) is 56.2 Å². The van der Waals surface area contributed by atoms with Gasteiger partial charge in [0.15, 0.2) is 0 Å². The fourth-order valence-corrected chi connectivity index (χ4v) is 5.69. The smallest absolute Gasteiger partial charge is 0.0537 e. The third kappa shape index (κ3) is 1.93. The number of aryl methyl sites for hydroxylation is 1. The summed E-state index contributed by atoms with van der Waals surface area (Å²) in [7, 11) is 2.15. The van der Waals surface area contributed by atoms with Gasteiger partial charge in [-0.1, -0.05) is 6.92 Å². The summed E-state index contributed by atoms with van der Waals surface area (Å²) in [6.07, 6.45) is 9.60. The van der Waals surface area contributed by atoms with Gasteiger partial charge in [0.05, 0.1) is 6.20 Å². The Balaban J connectivity index is 1.65. The van der Waals surface area contributed by atoms with Gasteiger partial charge in [0, 0.05) is 30.8 Å². The zero-order chi connectivity index (χ0) is 13.7. The van der Waals surface area contributed by atoms with Crippen LogP contribution < -0.4 is 5.32 Å². The maximum atomic E-state index is 4.58. The van der Waals surface area contributed by atoms with E-state index in [2.05, 4.69) is 35.3 Å². The highest BCUT2D eigenvalue weighted by Gasteiger charge is 2.49. The standard InChI is InChI=1S/C17H27N3/c1-3-18-9-15-10-19-20(2)17(15)16-13-5-11-4-12(7-13)8-14(16)6-11/h10-14,16,18H,3-9H2,1-2H3. The minimum absolute atomic E-state index is 0.795. The van der Waals surface area contributed by atoms with E-state index in [4.69, 9.17) is 0 Å². The Kier molecular flexibility index (Phi) is 3.13. The van der Waals surface area contributed by atoms with Gasteiger partial charge in [0.2, 0.25) is 0 Å². The average Bonchev–Trinajstić information content (AvgIpc) is 2.77. The first-order valence-electron chi connectivity index (χ1n) is 8.47. The van der Waals surface area contributed by atoms with Crippen LogP contribution in [0.25, 0.3) is 0 Å². The van der Waals surface area contributed by atoms with E-state index in [-0.39, 0.29) is 0 Å². The molecule has 1 aromatic rings. The monoisotopic (exact) mass is 273 g/mol. The van der Waals surface area contributed by atoms with Crippen molar-refractivity contribution in [1.82, 2.24) is 15.1 Å². The molecule has 3 heteroatoms. The van der Waals surface area contributed by atoms with Gasteiger partial charge < -0.3 is 5.32 Å². The minimum Gasteiger partial charge on any atom is -0.313 e. The Bertz CT molecular complexity index is 462. The quantitative estimate of drug-likeness (QED) is 0.913. The summed E-state index contributed by atoms with van der Waals surface area (Å²) < 4.78 is 2.18. The van der Waals surface area contributed by atoms with Gasteiger partial charge in [-0.2, -0.15) is 5.10 Å². The van der Waals surface area contributed by atoms with Gasteiger partial charge in [-0.25, -0.2) is 0 Å². The van der Waals surface area contributed by atoms with Crippen molar-refractivity contribution in [2.24, 2.45) is 30.7 Å². The molecule has 20 heavy (non-hydrogen) atoms. The molecule has 0 radical (unpaired) electrons. The van der Waals surface area contributed by atoms with Crippen molar-refractivity contribution in [2.45, 2.75) is 51.5 Å². The fraction of sp³-hybridized carbons (Fsp3) is 0.824. The third-order valence-corrected chi connectivity index (χ3v) is 6.17. The summed E-state index contributed by atoms with van der Waals surface area (Å²) in [5.74, 6) is 4.80. The summed E-state index contributed by atoms with van der Waals surface area (Å²) in [6, 6.07) is 0. The predicted octanol–water partition coefficient (Wildman–Crippen LogP) is 3.07. The van der Waals surface area contributed by atoms with E-state index in [1.54, 1.807) is 5.69 Å². The lowest BCUT2D eigenvalue weighted by Crippen LogP contribution is -2.44. The molecule has 110 valence electrons.